The first-order chi connectivity index (χ1) is 7.68. The lowest BCUT2D eigenvalue weighted by Crippen LogP contribution is -2.37. The van der Waals surface area contributed by atoms with Crippen LogP contribution in [0.25, 0.3) is 0 Å². The van der Waals surface area contributed by atoms with E-state index in [0.717, 1.165) is 0 Å². The molecule has 6 heteroatoms. The van der Waals surface area contributed by atoms with Gasteiger partial charge in [0.1, 0.15) is 16.0 Å². The molecule has 0 aromatic carbocycles. The molecule has 0 aliphatic carbocycles. The van der Waals surface area contributed by atoms with Crippen molar-refractivity contribution in [3.8, 4) is 0 Å². The Morgan fingerprint density at radius 2 is 2.12 bits per heavy atom. The third kappa shape index (κ3) is 2.33. The molecule has 0 saturated carbocycles. The molecule has 1 aromatic heterocycles. The predicted octanol–water partition coefficient (Wildman–Crippen LogP) is 1.38. The Hall–Kier alpha value is -1.14. The molecular formula is C10H11BrN2O3. The zero-order valence-electron chi connectivity index (χ0n) is 8.52. The summed E-state index contributed by atoms with van der Waals surface area (Å²) in [6, 6.07) is 3.19. The smallest absolute Gasteiger partial charge is 0.339 e. The number of nitrogens with zero attached hydrogens (tertiary/aromatic N) is 2. The molecule has 0 spiro atoms. The van der Waals surface area contributed by atoms with E-state index in [1.807, 2.05) is 4.90 Å². The van der Waals surface area contributed by atoms with E-state index in [-0.39, 0.29) is 5.56 Å². The Morgan fingerprint density at radius 1 is 1.44 bits per heavy atom. The van der Waals surface area contributed by atoms with Crippen molar-refractivity contribution in [1.29, 1.82) is 0 Å². The Bertz CT molecular complexity index is 405. The van der Waals surface area contributed by atoms with Crippen molar-refractivity contribution >= 4 is 27.7 Å². The van der Waals surface area contributed by atoms with Crippen LogP contribution in [0.4, 0.5) is 5.82 Å². The molecule has 2 rings (SSSR count). The molecule has 1 aliphatic heterocycles. The first-order valence-corrected chi connectivity index (χ1v) is 5.70. The van der Waals surface area contributed by atoms with Crippen LogP contribution in [0.5, 0.6) is 0 Å². The van der Waals surface area contributed by atoms with Crippen LogP contribution in [0.3, 0.4) is 0 Å². The van der Waals surface area contributed by atoms with Gasteiger partial charge in [0, 0.05) is 13.1 Å². The van der Waals surface area contributed by atoms with Crippen LogP contribution in [0, 0.1) is 0 Å². The molecule has 0 unspecified atom stereocenters. The highest BCUT2D eigenvalue weighted by Crippen LogP contribution is 2.21. The number of carboxylic acid groups (broad SMARTS) is 1. The number of carboxylic acids is 1. The second kappa shape index (κ2) is 4.80. The van der Waals surface area contributed by atoms with Gasteiger partial charge in [-0.3, -0.25) is 0 Å². The van der Waals surface area contributed by atoms with Gasteiger partial charge in [-0.2, -0.15) is 0 Å². The van der Waals surface area contributed by atoms with Gasteiger partial charge in [0.2, 0.25) is 0 Å². The van der Waals surface area contributed by atoms with Gasteiger partial charge >= 0.3 is 5.97 Å². The van der Waals surface area contributed by atoms with Gasteiger partial charge in [-0.05, 0) is 28.1 Å². The molecule has 0 radical (unpaired) electrons. The molecule has 0 atom stereocenters. The van der Waals surface area contributed by atoms with Gasteiger partial charge < -0.3 is 14.7 Å². The Kier molecular flexibility index (Phi) is 3.40. The fourth-order valence-corrected chi connectivity index (χ4v) is 1.91. The van der Waals surface area contributed by atoms with Crippen LogP contribution in [0.1, 0.15) is 10.4 Å². The van der Waals surface area contributed by atoms with E-state index in [0.29, 0.717) is 36.7 Å². The fraction of sp³-hybridized carbons (Fsp3) is 0.400. The number of hydrogen-bond acceptors (Lipinski definition) is 4. The van der Waals surface area contributed by atoms with Crippen molar-refractivity contribution in [2.24, 2.45) is 0 Å². The number of carbonyl (C=O) groups is 1. The van der Waals surface area contributed by atoms with Crippen LogP contribution >= 0.6 is 15.9 Å². The fourth-order valence-electron chi connectivity index (χ4n) is 1.61. The monoisotopic (exact) mass is 286 g/mol. The molecule has 86 valence electrons. The van der Waals surface area contributed by atoms with Crippen molar-refractivity contribution < 1.29 is 14.6 Å². The summed E-state index contributed by atoms with van der Waals surface area (Å²) in [5.41, 5.74) is 0.227. The second-order valence-electron chi connectivity index (χ2n) is 3.41. The highest BCUT2D eigenvalue weighted by molar-refractivity contribution is 9.10. The van der Waals surface area contributed by atoms with Crippen molar-refractivity contribution in [2.45, 2.75) is 0 Å². The van der Waals surface area contributed by atoms with Crippen molar-refractivity contribution in [3.63, 3.8) is 0 Å². The van der Waals surface area contributed by atoms with E-state index in [4.69, 9.17) is 9.84 Å². The van der Waals surface area contributed by atoms with Crippen LogP contribution < -0.4 is 4.90 Å². The van der Waals surface area contributed by atoms with E-state index < -0.39 is 5.97 Å². The summed E-state index contributed by atoms with van der Waals surface area (Å²) < 4.78 is 5.86. The minimum atomic E-state index is -0.957. The third-order valence-corrected chi connectivity index (χ3v) is 2.82. The summed E-state index contributed by atoms with van der Waals surface area (Å²) in [4.78, 5) is 17.2. The van der Waals surface area contributed by atoms with Crippen LogP contribution in [-0.4, -0.2) is 42.4 Å². The summed E-state index contributed by atoms with van der Waals surface area (Å²) in [7, 11) is 0. The normalized spacial score (nSPS) is 16.2. The summed E-state index contributed by atoms with van der Waals surface area (Å²) in [6.45, 7) is 2.55. The second-order valence-corrected chi connectivity index (χ2v) is 4.22. The van der Waals surface area contributed by atoms with Gasteiger partial charge in [0.15, 0.2) is 0 Å². The van der Waals surface area contributed by atoms with Crippen molar-refractivity contribution in [1.82, 2.24) is 4.98 Å². The number of anilines is 1. The number of hydrogen-bond donors (Lipinski definition) is 1. The number of morpholine rings is 1. The largest absolute Gasteiger partial charge is 0.478 e. The quantitative estimate of drug-likeness (QED) is 0.833. The standard InChI is InChI=1S/C10H11BrN2O3/c11-8-2-1-7(10(14)15)9(12-8)13-3-5-16-6-4-13/h1-2H,3-6H2,(H,14,15). The third-order valence-electron chi connectivity index (χ3n) is 2.38. The Labute approximate surface area is 101 Å². The molecule has 16 heavy (non-hydrogen) atoms. The first kappa shape index (κ1) is 11.3. The molecule has 1 fully saturated rings. The Balaban J connectivity index is 2.36. The van der Waals surface area contributed by atoms with E-state index >= 15 is 0 Å². The lowest BCUT2D eigenvalue weighted by Gasteiger charge is -2.28. The summed E-state index contributed by atoms with van der Waals surface area (Å²) in [6.07, 6.45) is 0. The minimum absolute atomic E-state index is 0.227. The molecule has 1 aromatic rings. The van der Waals surface area contributed by atoms with Gasteiger partial charge in [-0.25, -0.2) is 9.78 Å². The first-order valence-electron chi connectivity index (χ1n) is 4.91. The molecule has 5 nitrogen and oxygen atoms in total. The van der Waals surface area contributed by atoms with Crippen LogP contribution in [0.2, 0.25) is 0 Å². The van der Waals surface area contributed by atoms with Crippen LogP contribution in [0.15, 0.2) is 16.7 Å². The number of aromatic carboxylic acids is 1. The van der Waals surface area contributed by atoms with E-state index in [9.17, 15) is 4.79 Å². The van der Waals surface area contributed by atoms with Gasteiger partial charge in [0.25, 0.3) is 0 Å². The van der Waals surface area contributed by atoms with E-state index in [2.05, 4.69) is 20.9 Å². The predicted molar refractivity (Wildman–Crippen MR) is 61.9 cm³/mol. The van der Waals surface area contributed by atoms with Crippen molar-refractivity contribution in [3.05, 3.63) is 22.3 Å². The minimum Gasteiger partial charge on any atom is -0.478 e. The number of halogens is 1. The molecule has 2 heterocycles. The molecule has 1 N–H and O–H groups in total. The van der Waals surface area contributed by atoms with E-state index in [1.165, 1.54) is 0 Å². The van der Waals surface area contributed by atoms with E-state index in [1.54, 1.807) is 12.1 Å². The maximum absolute atomic E-state index is 11.1. The number of rotatable bonds is 2. The SMILES string of the molecule is O=C(O)c1ccc(Br)nc1N1CCOCC1. The molecule has 0 amide bonds. The zero-order valence-corrected chi connectivity index (χ0v) is 10.1. The van der Waals surface area contributed by atoms with Crippen molar-refractivity contribution in [2.75, 3.05) is 31.2 Å². The summed E-state index contributed by atoms with van der Waals surface area (Å²) in [5.74, 6) is -0.452. The summed E-state index contributed by atoms with van der Waals surface area (Å²) in [5, 5.41) is 9.07. The molecule has 1 saturated heterocycles. The molecule has 1 aliphatic rings. The molecule has 0 bridgehead atoms. The summed E-state index contributed by atoms with van der Waals surface area (Å²) >= 11 is 3.25. The highest BCUT2D eigenvalue weighted by Gasteiger charge is 2.19. The maximum atomic E-state index is 11.1. The number of pyridine rings is 1. The number of ether oxygens (including phenoxy) is 1. The van der Waals surface area contributed by atoms with Crippen LogP contribution in [-0.2, 0) is 4.74 Å². The van der Waals surface area contributed by atoms with Gasteiger partial charge in [-0.15, -0.1) is 0 Å². The topological polar surface area (TPSA) is 62.7 Å². The Morgan fingerprint density at radius 3 is 2.75 bits per heavy atom. The number of aromatic nitrogens is 1. The lowest BCUT2D eigenvalue weighted by atomic mass is 10.2. The molecular weight excluding hydrogens is 276 g/mol. The zero-order chi connectivity index (χ0) is 11.5. The average molecular weight is 287 g/mol. The van der Waals surface area contributed by atoms with Gasteiger partial charge in [0.05, 0.1) is 13.2 Å². The van der Waals surface area contributed by atoms with Gasteiger partial charge in [-0.1, -0.05) is 0 Å². The highest BCUT2D eigenvalue weighted by atomic mass is 79.9. The maximum Gasteiger partial charge on any atom is 0.339 e. The average Bonchev–Trinajstić information content (AvgIpc) is 2.29. The lowest BCUT2D eigenvalue weighted by molar-refractivity contribution is 0.0696.